The predicted octanol–water partition coefficient (Wildman–Crippen LogP) is 2.02. The van der Waals surface area contributed by atoms with Gasteiger partial charge in [0.25, 0.3) is 15.9 Å². The van der Waals surface area contributed by atoms with E-state index in [1.165, 1.54) is 11.4 Å². The van der Waals surface area contributed by atoms with E-state index in [1.807, 2.05) is 6.92 Å². The minimum atomic E-state index is -3.61. The van der Waals surface area contributed by atoms with Crippen molar-refractivity contribution in [2.45, 2.75) is 17.6 Å². The number of anilines is 1. The highest BCUT2D eigenvalue weighted by atomic mass is 32.2. The number of nitrogens with one attached hydrogen (secondary N) is 1. The third-order valence-electron chi connectivity index (χ3n) is 3.60. The Morgan fingerprint density at radius 3 is 2.46 bits per heavy atom. The molecule has 10 heteroatoms. The summed E-state index contributed by atoms with van der Waals surface area (Å²) in [5.74, 6) is -0.666. The Hall–Kier alpha value is -2.59. The first-order valence-corrected chi connectivity index (χ1v) is 10.8. The first-order chi connectivity index (χ1) is 13.3. The number of ether oxygens (including phenoxy) is 2. The molecule has 0 saturated carbocycles. The molecule has 0 aliphatic heterocycles. The fraction of sp³-hybridized carbons (Fsp3) is 0.333. The highest BCUT2D eigenvalue weighted by Gasteiger charge is 2.22. The first kappa shape index (κ1) is 21.7. The molecular weight excluding hydrogens is 404 g/mol. The number of nitrogens with zero attached hydrogens (tertiary/aromatic N) is 1. The molecule has 0 spiro atoms. The number of thiophene rings is 1. The van der Waals surface area contributed by atoms with E-state index in [-0.39, 0.29) is 23.3 Å². The van der Waals surface area contributed by atoms with Gasteiger partial charge in [0.05, 0.1) is 5.69 Å². The van der Waals surface area contributed by atoms with Crippen molar-refractivity contribution in [2.24, 2.45) is 0 Å². The first-order valence-electron chi connectivity index (χ1n) is 8.52. The van der Waals surface area contributed by atoms with Gasteiger partial charge in [0.1, 0.15) is 9.96 Å². The number of esters is 1. The van der Waals surface area contributed by atoms with E-state index in [4.69, 9.17) is 9.47 Å². The minimum absolute atomic E-state index is 0.251. The monoisotopic (exact) mass is 426 g/mol. The normalized spacial score (nSPS) is 10.9. The number of benzene rings is 1. The standard InChI is InChI=1S/C18H22N2O6S2/c1-3-10-19-16(21)12-26-17(22)13-25-15-8-6-14(7-9-15)20(2)28(23,24)18-5-4-11-27-18/h4-9,11H,3,10,12-13H2,1-2H3,(H,19,21). The average molecular weight is 427 g/mol. The molecular formula is C18H22N2O6S2. The van der Waals surface area contributed by atoms with Gasteiger partial charge in [-0.3, -0.25) is 9.10 Å². The molecule has 8 nitrogen and oxygen atoms in total. The fourth-order valence-corrected chi connectivity index (χ4v) is 4.44. The molecule has 0 aliphatic carbocycles. The molecule has 1 amide bonds. The van der Waals surface area contributed by atoms with E-state index in [1.54, 1.807) is 41.8 Å². The van der Waals surface area contributed by atoms with Crippen LogP contribution in [0.4, 0.5) is 5.69 Å². The molecule has 2 aromatic rings. The summed E-state index contributed by atoms with van der Waals surface area (Å²) >= 11 is 1.14. The van der Waals surface area contributed by atoms with E-state index >= 15 is 0 Å². The summed E-state index contributed by atoms with van der Waals surface area (Å²) in [7, 11) is -2.15. The fourth-order valence-electron chi connectivity index (χ4n) is 2.08. The van der Waals surface area contributed by atoms with Gasteiger partial charge >= 0.3 is 5.97 Å². The molecule has 28 heavy (non-hydrogen) atoms. The molecule has 0 atom stereocenters. The predicted molar refractivity (Wildman–Crippen MR) is 106 cm³/mol. The second-order valence-electron chi connectivity index (χ2n) is 5.70. The van der Waals surface area contributed by atoms with Crippen LogP contribution < -0.4 is 14.4 Å². The van der Waals surface area contributed by atoms with Crippen LogP contribution in [0.2, 0.25) is 0 Å². The summed E-state index contributed by atoms with van der Waals surface area (Å²) in [5.41, 5.74) is 0.455. The van der Waals surface area contributed by atoms with Gasteiger partial charge in [0.15, 0.2) is 13.2 Å². The maximum atomic E-state index is 12.5. The zero-order chi connectivity index (χ0) is 20.6. The number of amides is 1. The molecule has 0 saturated heterocycles. The summed E-state index contributed by atoms with van der Waals surface area (Å²) in [4.78, 5) is 23.0. The quantitative estimate of drug-likeness (QED) is 0.583. The molecule has 1 heterocycles. The lowest BCUT2D eigenvalue weighted by molar-refractivity contribution is -0.150. The van der Waals surface area contributed by atoms with Crippen LogP contribution in [-0.2, 0) is 24.3 Å². The molecule has 0 aliphatic rings. The Labute approximate surface area is 168 Å². The van der Waals surface area contributed by atoms with Crippen molar-refractivity contribution >= 4 is 38.9 Å². The molecule has 152 valence electrons. The zero-order valence-corrected chi connectivity index (χ0v) is 17.2. The number of sulfonamides is 1. The van der Waals surface area contributed by atoms with Gasteiger partial charge in [-0.2, -0.15) is 0 Å². The molecule has 0 radical (unpaired) electrons. The second-order valence-corrected chi connectivity index (χ2v) is 8.84. The highest BCUT2D eigenvalue weighted by molar-refractivity contribution is 7.94. The lowest BCUT2D eigenvalue weighted by Gasteiger charge is -2.18. The van der Waals surface area contributed by atoms with E-state index in [0.29, 0.717) is 18.0 Å². The van der Waals surface area contributed by atoms with Crippen LogP contribution in [0.25, 0.3) is 0 Å². The maximum Gasteiger partial charge on any atom is 0.344 e. The summed E-state index contributed by atoms with van der Waals surface area (Å²) < 4.78 is 36.5. The van der Waals surface area contributed by atoms with Crippen LogP contribution in [0.5, 0.6) is 5.75 Å². The van der Waals surface area contributed by atoms with Gasteiger partial charge in [-0.1, -0.05) is 13.0 Å². The lowest BCUT2D eigenvalue weighted by Crippen LogP contribution is -2.30. The van der Waals surface area contributed by atoms with Gasteiger partial charge in [-0.15, -0.1) is 11.3 Å². The summed E-state index contributed by atoms with van der Waals surface area (Å²) in [6.45, 7) is 1.73. The third kappa shape index (κ3) is 5.96. The molecule has 0 unspecified atom stereocenters. The minimum Gasteiger partial charge on any atom is -0.482 e. The van der Waals surface area contributed by atoms with Crippen LogP contribution in [0.1, 0.15) is 13.3 Å². The van der Waals surface area contributed by atoms with E-state index in [0.717, 1.165) is 17.8 Å². The third-order valence-corrected chi connectivity index (χ3v) is 6.76. The zero-order valence-electron chi connectivity index (χ0n) is 15.6. The number of rotatable bonds is 10. The molecule has 0 bridgehead atoms. The Kier molecular flexibility index (Phi) is 7.82. The average Bonchev–Trinajstić information content (AvgIpc) is 3.24. The Morgan fingerprint density at radius 1 is 1.14 bits per heavy atom. The number of hydrogen-bond donors (Lipinski definition) is 1. The molecule has 1 aromatic heterocycles. The van der Waals surface area contributed by atoms with Crippen molar-refractivity contribution in [1.82, 2.24) is 5.32 Å². The number of carbonyl (C=O) groups excluding carboxylic acids is 2. The van der Waals surface area contributed by atoms with Crippen LogP contribution in [0.15, 0.2) is 46.0 Å². The van der Waals surface area contributed by atoms with Gasteiger partial charge in [0.2, 0.25) is 0 Å². The molecule has 0 fully saturated rings. The van der Waals surface area contributed by atoms with Crippen molar-refractivity contribution in [3.63, 3.8) is 0 Å². The van der Waals surface area contributed by atoms with Crippen LogP contribution in [0.3, 0.4) is 0 Å². The lowest BCUT2D eigenvalue weighted by atomic mass is 10.3. The largest absolute Gasteiger partial charge is 0.482 e. The van der Waals surface area contributed by atoms with E-state index < -0.39 is 16.0 Å². The van der Waals surface area contributed by atoms with Gasteiger partial charge in [0, 0.05) is 13.6 Å². The smallest absolute Gasteiger partial charge is 0.344 e. The SMILES string of the molecule is CCCNC(=O)COC(=O)COc1ccc(N(C)S(=O)(=O)c2cccs2)cc1. The van der Waals surface area contributed by atoms with Gasteiger partial charge in [-0.25, -0.2) is 13.2 Å². The molecule has 1 aromatic carbocycles. The topological polar surface area (TPSA) is 102 Å². The number of hydrogen-bond acceptors (Lipinski definition) is 7. The molecule has 1 N–H and O–H groups in total. The van der Waals surface area contributed by atoms with Crippen molar-refractivity contribution in [2.75, 3.05) is 31.1 Å². The van der Waals surface area contributed by atoms with E-state index in [9.17, 15) is 18.0 Å². The summed E-state index contributed by atoms with van der Waals surface area (Å²) in [6.07, 6.45) is 0.794. The van der Waals surface area contributed by atoms with Crippen LogP contribution in [-0.4, -0.2) is 47.1 Å². The van der Waals surface area contributed by atoms with Gasteiger partial charge in [-0.05, 0) is 42.1 Å². The highest BCUT2D eigenvalue weighted by Crippen LogP contribution is 2.26. The van der Waals surface area contributed by atoms with Crippen LogP contribution in [0, 0.1) is 0 Å². The maximum absolute atomic E-state index is 12.5. The molecule has 2 rings (SSSR count). The second kappa shape index (κ2) is 10.1. The van der Waals surface area contributed by atoms with Crippen molar-refractivity contribution in [1.29, 1.82) is 0 Å². The van der Waals surface area contributed by atoms with Crippen molar-refractivity contribution < 1.29 is 27.5 Å². The van der Waals surface area contributed by atoms with E-state index in [2.05, 4.69) is 5.32 Å². The van der Waals surface area contributed by atoms with Crippen LogP contribution >= 0.6 is 11.3 Å². The van der Waals surface area contributed by atoms with Crippen molar-refractivity contribution in [3.8, 4) is 5.75 Å². The summed E-state index contributed by atoms with van der Waals surface area (Å²) in [6, 6.07) is 9.47. The summed E-state index contributed by atoms with van der Waals surface area (Å²) in [5, 5.41) is 4.29. The Morgan fingerprint density at radius 2 is 1.86 bits per heavy atom. The number of carbonyl (C=O) groups is 2. The van der Waals surface area contributed by atoms with Gasteiger partial charge < -0.3 is 14.8 Å². The Bertz CT molecular complexity index is 879. The van der Waals surface area contributed by atoms with Crippen molar-refractivity contribution in [3.05, 3.63) is 41.8 Å². The Balaban J connectivity index is 1.86.